The van der Waals surface area contributed by atoms with Crippen LogP contribution in [0.2, 0.25) is 0 Å². The summed E-state index contributed by atoms with van der Waals surface area (Å²) < 4.78 is 13.0. The number of carbonyl (C=O) groups is 1. The van der Waals surface area contributed by atoms with Crippen molar-refractivity contribution in [2.24, 2.45) is 0 Å². The van der Waals surface area contributed by atoms with Crippen molar-refractivity contribution in [3.63, 3.8) is 0 Å². The van der Waals surface area contributed by atoms with Gasteiger partial charge >= 0.3 is 0 Å². The third kappa shape index (κ3) is 3.35. The average Bonchev–Trinajstić information content (AvgIpc) is 2.44. The summed E-state index contributed by atoms with van der Waals surface area (Å²) in [5.74, 6) is -0.558. The molecule has 0 bridgehead atoms. The lowest BCUT2D eigenvalue weighted by Crippen LogP contribution is -2.10. The van der Waals surface area contributed by atoms with E-state index in [9.17, 15) is 9.18 Å². The molecule has 4 heteroatoms. The van der Waals surface area contributed by atoms with Gasteiger partial charge < -0.3 is 11.1 Å². The molecule has 0 atom stereocenters. The fraction of sp³-hybridized carbons (Fsp3) is 0.188. The van der Waals surface area contributed by atoms with Gasteiger partial charge in [0.2, 0.25) is 0 Å². The Bertz CT molecular complexity index is 626. The first-order chi connectivity index (χ1) is 9.58. The van der Waals surface area contributed by atoms with Crippen molar-refractivity contribution in [1.29, 1.82) is 0 Å². The number of Topliss-reactive ketones (excluding diaryl/α,β-unsaturated/α-hetero) is 1. The number of rotatable bonds is 5. The fourth-order valence-corrected chi connectivity index (χ4v) is 1.94. The van der Waals surface area contributed by atoms with Crippen LogP contribution < -0.4 is 11.1 Å². The monoisotopic (exact) mass is 272 g/mol. The zero-order valence-corrected chi connectivity index (χ0v) is 11.3. The molecule has 0 saturated carbocycles. The minimum Gasteiger partial charge on any atom is -0.396 e. The summed E-state index contributed by atoms with van der Waals surface area (Å²) in [6, 6.07) is 11.9. The average molecular weight is 272 g/mol. The van der Waals surface area contributed by atoms with Crippen molar-refractivity contribution < 1.29 is 9.18 Å². The molecule has 104 valence electrons. The van der Waals surface area contributed by atoms with Gasteiger partial charge in [-0.25, -0.2) is 4.39 Å². The Morgan fingerprint density at radius 3 is 2.70 bits per heavy atom. The molecule has 20 heavy (non-hydrogen) atoms. The van der Waals surface area contributed by atoms with Gasteiger partial charge in [-0.1, -0.05) is 18.2 Å². The fourth-order valence-electron chi connectivity index (χ4n) is 1.94. The Labute approximate surface area is 117 Å². The highest BCUT2D eigenvalue weighted by Crippen LogP contribution is 2.15. The van der Waals surface area contributed by atoms with E-state index in [1.165, 1.54) is 18.2 Å². The number of hydrogen-bond donors (Lipinski definition) is 2. The van der Waals surface area contributed by atoms with Crippen LogP contribution in [-0.4, -0.2) is 12.3 Å². The molecule has 0 aliphatic rings. The van der Waals surface area contributed by atoms with E-state index in [-0.39, 0.29) is 11.5 Å². The van der Waals surface area contributed by atoms with E-state index >= 15 is 0 Å². The van der Waals surface area contributed by atoms with Crippen LogP contribution in [0.25, 0.3) is 0 Å². The summed E-state index contributed by atoms with van der Waals surface area (Å²) in [7, 11) is 0. The Kier molecular flexibility index (Phi) is 4.35. The molecule has 2 aromatic rings. The molecule has 3 N–H and O–H groups in total. The summed E-state index contributed by atoms with van der Waals surface area (Å²) in [5.41, 5.74) is 8.04. The standard InChI is InChI=1S/C16H17FN2O/c1-11-4-2-3-5-15(11)19-9-8-16(20)12-6-7-13(17)14(18)10-12/h2-7,10,19H,8-9,18H2,1H3. The molecule has 2 rings (SSSR count). The molecule has 0 saturated heterocycles. The smallest absolute Gasteiger partial charge is 0.164 e. The van der Waals surface area contributed by atoms with Crippen molar-refractivity contribution in [3.05, 3.63) is 59.4 Å². The number of benzene rings is 2. The van der Waals surface area contributed by atoms with Gasteiger partial charge in [-0.15, -0.1) is 0 Å². The number of carbonyl (C=O) groups excluding carboxylic acids is 1. The first kappa shape index (κ1) is 14.1. The van der Waals surface area contributed by atoms with Crippen LogP contribution in [0.4, 0.5) is 15.8 Å². The minimum absolute atomic E-state index is 0.00251. The Morgan fingerprint density at radius 1 is 1.25 bits per heavy atom. The Hall–Kier alpha value is -2.36. The number of nitrogen functional groups attached to an aromatic ring is 1. The molecule has 0 aromatic heterocycles. The summed E-state index contributed by atoms with van der Waals surface area (Å²) in [5, 5.41) is 3.21. The van der Waals surface area contributed by atoms with E-state index in [2.05, 4.69) is 5.32 Å². The highest BCUT2D eigenvalue weighted by molar-refractivity contribution is 5.97. The van der Waals surface area contributed by atoms with Crippen molar-refractivity contribution in [2.45, 2.75) is 13.3 Å². The summed E-state index contributed by atoms with van der Waals surface area (Å²) in [6.07, 6.45) is 0.333. The van der Waals surface area contributed by atoms with Crippen molar-refractivity contribution in [1.82, 2.24) is 0 Å². The van der Waals surface area contributed by atoms with Crippen LogP contribution in [0.5, 0.6) is 0 Å². The number of nitrogens with one attached hydrogen (secondary N) is 1. The van der Waals surface area contributed by atoms with Crippen LogP contribution in [0, 0.1) is 12.7 Å². The van der Waals surface area contributed by atoms with Gasteiger partial charge in [0, 0.05) is 24.2 Å². The second-order valence-corrected chi connectivity index (χ2v) is 4.65. The minimum atomic E-state index is -0.500. The van der Waals surface area contributed by atoms with E-state index in [1.807, 2.05) is 31.2 Å². The highest BCUT2D eigenvalue weighted by atomic mass is 19.1. The van der Waals surface area contributed by atoms with Crippen LogP contribution in [-0.2, 0) is 0 Å². The number of halogens is 1. The van der Waals surface area contributed by atoms with Crippen molar-refractivity contribution in [3.8, 4) is 0 Å². The first-order valence-electron chi connectivity index (χ1n) is 6.45. The van der Waals surface area contributed by atoms with Gasteiger partial charge in [0.15, 0.2) is 5.78 Å². The predicted molar refractivity (Wildman–Crippen MR) is 79.4 cm³/mol. The van der Waals surface area contributed by atoms with Gasteiger partial charge in [0.05, 0.1) is 5.69 Å². The topological polar surface area (TPSA) is 55.1 Å². The second kappa shape index (κ2) is 6.19. The van der Waals surface area contributed by atoms with Gasteiger partial charge in [-0.05, 0) is 36.8 Å². The molecular formula is C16H17FN2O. The number of aryl methyl sites for hydroxylation is 1. The molecular weight excluding hydrogens is 255 g/mol. The number of para-hydroxylation sites is 1. The maximum absolute atomic E-state index is 13.0. The molecule has 0 aliphatic heterocycles. The van der Waals surface area contributed by atoms with E-state index in [0.717, 1.165) is 11.3 Å². The molecule has 0 unspecified atom stereocenters. The lowest BCUT2D eigenvalue weighted by atomic mass is 10.1. The van der Waals surface area contributed by atoms with Gasteiger partial charge in [0.1, 0.15) is 5.82 Å². The number of anilines is 2. The van der Waals surface area contributed by atoms with Crippen molar-refractivity contribution in [2.75, 3.05) is 17.6 Å². The summed E-state index contributed by atoms with van der Waals surface area (Å²) >= 11 is 0. The maximum Gasteiger partial charge on any atom is 0.164 e. The second-order valence-electron chi connectivity index (χ2n) is 4.65. The summed E-state index contributed by atoms with van der Waals surface area (Å²) in [6.45, 7) is 2.53. The van der Waals surface area contributed by atoms with Gasteiger partial charge in [-0.2, -0.15) is 0 Å². The van der Waals surface area contributed by atoms with E-state index in [1.54, 1.807) is 0 Å². The van der Waals surface area contributed by atoms with E-state index < -0.39 is 5.82 Å². The quantitative estimate of drug-likeness (QED) is 0.648. The largest absolute Gasteiger partial charge is 0.396 e. The molecule has 0 amide bonds. The highest BCUT2D eigenvalue weighted by Gasteiger charge is 2.08. The molecule has 0 aliphatic carbocycles. The zero-order valence-electron chi connectivity index (χ0n) is 11.3. The Morgan fingerprint density at radius 2 is 2.00 bits per heavy atom. The zero-order chi connectivity index (χ0) is 14.5. The lowest BCUT2D eigenvalue weighted by Gasteiger charge is -2.09. The lowest BCUT2D eigenvalue weighted by molar-refractivity contribution is 0.0986. The first-order valence-corrected chi connectivity index (χ1v) is 6.45. The number of hydrogen-bond acceptors (Lipinski definition) is 3. The normalized spacial score (nSPS) is 10.3. The third-order valence-electron chi connectivity index (χ3n) is 3.13. The van der Waals surface area contributed by atoms with Crippen LogP contribution in [0.1, 0.15) is 22.3 Å². The number of nitrogens with two attached hydrogens (primary N) is 1. The Balaban J connectivity index is 1.92. The van der Waals surface area contributed by atoms with E-state index in [0.29, 0.717) is 18.5 Å². The molecule has 0 fully saturated rings. The molecule has 3 nitrogen and oxygen atoms in total. The summed E-state index contributed by atoms with van der Waals surface area (Å²) in [4.78, 5) is 12.0. The molecule has 0 spiro atoms. The van der Waals surface area contributed by atoms with E-state index in [4.69, 9.17) is 5.73 Å². The molecule has 0 radical (unpaired) electrons. The van der Waals surface area contributed by atoms with Gasteiger partial charge in [0.25, 0.3) is 0 Å². The third-order valence-corrected chi connectivity index (χ3v) is 3.13. The predicted octanol–water partition coefficient (Wildman–Crippen LogP) is 3.40. The SMILES string of the molecule is Cc1ccccc1NCCC(=O)c1ccc(F)c(N)c1. The van der Waals surface area contributed by atoms with Crippen LogP contribution >= 0.6 is 0 Å². The maximum atomic E-state index is 13.0. The van der Waals surface area contributed by atoms with Crippen LogP contribution in [0.3, 0.4) is 0 Å². The van der Waals surface area contributed by atoms with Gasteiger partial charge in [-0.3, -0.25) is 4.79 Å². The number of ketones is 1. The van der Waals surface area contributed by atoms with Crippen LogP contribution in [0.15, 0.2) is 42.5 Å². The molecule has 0 heterocycles. The molecule has 2 aromatic carbocycles. The van der Waals surface area contributed by atoms with Crippen molar-refractivity contribution >= 4 is 17.2 Å².